The van der Waals surface area contributed by atoms with Gasteiger partial charge in [-0.3, -0.25) is 10.00 Å². The molecule has 0 atom stereocenters. The Balaban J connectivity index is 1.19. The summed E-state index contributed by atoms with van der Waals surface area (Å²) in [4.78, 5) is 31.7. The molecule has 0 spiro atoms. The normalized spacial score (nSPS) is 17.6. The summed E-state index contributed by atoms with van der Waals surface area (Å²) >= 11 is 0. The van der Waals surface area contributed by atoms with E-state index in [-0.39, 0.29) is 6.03 Å². The number of hydrogen-bond acceptors (Lipinski definition) is 9. The Morgan fingerprint density at radius 1 is 1.10 bits per heavy atom. The summed E-state index contributed by atoms with van der Waals surface area (Å²) in [5, 5.41) is 15.0. The number of ether oxygens (including phenoxy) is 1. The summed E-state index contributed by atoms with van der Waals surface area (Å²) in [5.41, 5.74) is 0.793. The summed E-state index contributed by atoms with van der Waals surface area (Å²) < 4.78 is 7.07. The summed E-state index contributed by atoms with van der Waals surface area (Å²) in [6.45, 7) is 5.26. The van der Waals surface area contributed by atoms with Crippen LogP contribution in [-0.2, 0) is 11.8 Å². The van der Waals surface area contributed by atoms with Crippen molar-refractivity contribution < 1.29 is 9.53 Å². The number of anilines is 3. The summed E-state index contributed by atoms with van der Waals surface area (Å²) in [6.07, 6.45) is 3.33. The van der Waals surface area contributed by atoms with Crippen LogP contribution in [0.3, 0.4) is 0 Å². The molecule has 0 unspecified atom stereocenters. The van der Waals surface area contributed by atoms with Crippen LogP contribution in [-0.4, -0.2) is 98.3 Å². The van der Waals surface area contributed by atoms with Crippen molar-refractivity contribution in [3.8, 4) is 0 Å². The predicted molar refractivity (Wildman–Crippen MR) is 109 cm³/mol. The van der Waals surface area contributed by atoms with Gasteiger partial charge >= 0.3 is 6.03 Å². The number of urea groups is 1. The fraction of sp³-hybridized carbons (Fsp3) is 0.529. The molecule has 13 nitrogen and oxygen atoms in total. The number of carbonyl (C=O) groups excluding carboxylic acids is 1. The zero-order chi connectivity index (χ0) is 20.5. The first-order chi connectivity index (χ1) is 14.7. The van der Waals surface area contributed by atoms with E-state index in [0.717, 1.165) is 29.9 Å². The number of nitrogens with zero attached hydrogens (tertiary/aromatic N) is 9. The minimum atomic E-state index is -0.200. The topological polar surface area (TPSA) is 133 Å². The summed E-state index contributed by atoms with van der Waals surface area (Å²) in [6, 6.07) is -0.200. The molecule has 5 rings (SSSR count). The average molecular weight is 413 g/mol. The van der Waals surface area contributed by atoms with Crippen molar-refractivity contribution >= 4 is 34.8 Å². The Labute approximate surface area is 172 Å². The molecule has 158 valence electrons. The van der Waals surface area contributed by atoms with Gasteiger partial charge in [0.1, 0.15) is 12.1 Å². The highest BCUT2D eigenvalue weighted by atomic mass is 16.5. The second-order valence-electron chi connectivity index (χ2n) is 7.19. The molecule has 0 saturated carbocycles. The van der Waals surface area contributed by atoms with E-state index >= 15 is 0 Å². The van der Waals surface area contributed by atoms with Crippen LogP contribution < -0.4 is 15.1 Å². The van der Waals surface area contributed by atoms with E-state index in [9.17, 15) is 4.79 Å². The molecule has 0 aromatic carbocycles. The molecule has 2 saturated heterocycles. The lowest BCUT2D eigenvalue weighted by molar-refractivity contribution is 0.122. The number of aromatic nitrogens is 7. The second-order valence-corrected chi connectivity index (χ2v) is 7.19. The number of nitrogens with one attached hydrogen (secondary N) is 2. The van der Waals surface area contributed by atoms with Crippen molar-refractivity contribution in [1.29, 1.82) is 0 Å². The molecule has 0 bridgehead atoms. The smallest absolute Gasteiger partial charge is 0.324 e. The Kier molecular flexibility index (Phi) is 4.78. The Bertz CT molecular complexity index is 1030. The maximum Gasteiger partial charge on any atom is 0.324 e. The van der Waals surface area contributed by atoms with Crippen LogP contribution in [0.5, 0.6) is 0 Å². The van der Waals surface area contributed by atoms with E-state index in [1.54, 1.807) is 22.1 Å². The molecule has 2 N–H and O–H groups in total. The van der Waals surface area contributed by atoms with Crippen molar-refractivity contribution in [2.75, 3.05) is 67.6 Å². The Morgan fingerprint density at radius 2 is 1.90 bits per heavy atom. The number of amides is 2. The first-order valence-electron chi connectivity index (χ1n) is 9.88. The van der Waals surface area contributed by atoms with Crippen molar-refractivity contribution in [3.63, 3.8) is 0 Å². The van der Waals surface area contributed by atoms with Crippen LogP contribution in [0, 0.1) is 0 Å². The van der Waals surface area contributed by atoms with Crippen LogP contribution >= 0.6 is 0 Å². The number of aromatic amines is 1. The zero-order valence-electron chi connectivity index (χ0n) is 16.7. The summed E-state index contributed by atoms with van der Waals surface area (Å²) in [5.74, 6) is 1.76. The molecule has 0 aliphatic carbocycles. The molecule has 3 aromatic rings. The fourth-order valence-corrected chi connectivity index (χ4v) is 3.72. The van der Waals surface area contributed by atoms with Gasteiger partial charge in [-0.2, -0.15) is 10.1 Å². The van der Waals surface area contributed by atoms with Gasteiger partial charge < -0.3 is 19.4 Å². The molecule has 13 heteroatoms. The van der Waals surface area contributed by atoms with Crippen molar-refractivity contribution in [2.24, 2.45) is 7.05 Å². The third kappa shape index (κ3) is 3.47. The highest BCUT2D eigenvalue weighted by Gasteiger charge is 2.25. The minimum Gasteiger partial charge on any atom is -0.378 e. The molecule has 0 radical (unpaired) electrons. The number of piperazine rings is 1. The van der Waals surface area contributed by atoms with Crippen LogP contribution in [0.15, 0.2) is 12.5 Å². The lowest BCUT2D eigenvalue weighted by atomic mass is 10.3. The highest BCUT2D eigenvalue weighted by Crippen LogP contribution is 2.23. The van der Waals surface area contributed by atoms with Crippen molar-refractivity contribution in [3.05, 3.63) is 12.5 Å². The van der Waals surface area contributed by atoms with Gasteiger partial charge in [-0.1, -0.05) is 0 Å². The van der Waals surface area contributed by atoms with E-state index in [1.165, 1.54) is 0 Å². The fourth-order valence-electron chi connectivity index (χ4n) is 3.72. The molecular weight excluding hydrogens is 390 g/mol. The quantitative estimate of drug-likeness (QED) is 0.592. The summed E-state index contributed by atoms with van der Waals surface area (Å²) in [7, 11) is 1.86. The third-order valence-corrected chi connectivity index (χ3v) is 5.37. The van der Waals surface area contributed by atoms with Gasteiger partial charge in [-0.05, 0) is 0 Å². The number of fused-ring (bicyclic) bond motifs is 1. The van der Waals surface area contributed by atoms with Crippen molar-refractivity contribution in [2.45, 2.75) is 0 Å². The zero-order valence-corrected chi connectivity index (χ0v) is 16.7. The standard InChI is InChI=1S/C17H23N11O2/c1-25-13-12(10-20-25)14(19-11-18-13)26-2-4-28(5-3-26)17(29)22-15-21-16(24-23-15)27-6-8-30-9-7-27/h10-11H,2-9H2,1H3,(H2,21,22,23,24,29). The third-order valence-electron chi connectivity index (χ3n) is 5.37. The SMILES string of the molecule is Cn1ncc2c(N3CCN(C(=O)Nc4nc(N5CCOCC5)n[nH]4)CC3)ncnc21. The predicted octanol–water partition coefficient (Wildman–Crippen LogP) is -0.328. The molecule has 30 heavy (non-hydrogen) atoms. The van der Waals surface area contributed by atoms with E-state index in [1.807, 2.05) is 11.9 Å². The number of H-pyrrole nitrogens is 1. The highest BCUT2D eigenvalue weighted by molar-refractivity contribution is 5.88. The van der Waals surface area contributed by atoms with E-state index in [0.29, 0.717) is 51.3 Å². The van der Waals surface area contributed by atoms with E-state index < -0.39 is 0 Å². The van der Waals surface area contributed by atoms with Gasteiger partial charge in [0.05, 0.1) is 24.8 Å². The number of aryl methyl sites for hydroxylation is 1. The van der Waals surface area contributed by atoms with Gasteiger partial charge in [0.25, 0.3) is 0 Å². The Hall–Kier alpha value is -3.48. The number of rotatable bonds is 3. The first kappa shape index (κ1) is 18.5. The van der Waals surface area contributed by atoms with Crippen LogP contribution in [0.1, 0.15) is 0 Å². The number of carbonyl (C=O) groups is 1. The molecule has 3 aromatic heterocycles. The van der Waals surface area contributed by atoms with Crippen LogP contribution in [0.4, 0.5) is 22.5 Å². The maximum absolute atomic E-state index is 12.6. The number of hydrogen-bond donors (Lipinski definition) is 2. The monoisotopic (exact) mass is 413 g/mol. The van der Waals surface area contributed by atoms with Gasteiger partial charge in [0.15, 0.2) is 5.65 Å². The lowest BCUT2D eigenvalue weighted by Gasteiger charge is -2.35. The van der Waals surface area contributed by atoms with Crippen molar-refractivity contribution in [1.82, 2.24) is 39.8 Å². The van der Waals surface area contributed by atoms with Gasteiger partial charge in [-0.15, -0.1) is 5.10 Å². The van der Waals surface area contributed by atoms with Crippen LogP contribution in [0.2, 0.25) is 0 Å². The molecule has 2 aliphatic heterocycles. The first-order valence-corrected chi connectivity index (χ1v) is 9.88. The molecule has 2 fully saturated rings. The molecule has 5 heterocycles. The van der Waals surface area contributed by atoms with E-state index in [2.05, 4.69) is 40.5 Å². The molecule has 2 aliphatic rings. The molecule has 2 amide bonds. The van der Waals surface area contributed by atoms with Gasteiger partial charge in [0, 0.05) is 46.3 Å². The molecular formula is C17H23N11O2. The maximum atomic E-state index is 12.6. The van der Waals surface area contributed by atoms with Gasteiger partial charge in [-0.25, -0.2) is 19.9 Å². The van der Waals surface area contributed by atoms with Crippen LogP contribution in [0.25, 0.3) is 11.0 Å². The minimum absolute atomic E-state index is 0.200. The average Bonchev–Trinajstić information content (AvgIpc) is 3.41. The lowest BCUT2D eigenvalue weighted by Crippen LogP contribution is -2.50. The second kappa shape index (κ2) is 7.74. The van der Waals surface area contributed by atoms with E-state index in [4.69, 9.17) is 4.74 Å². The van der Waals surface area contributed by atoms with Gasteiger partial charge in [0.2, 0.25) is 11.9 Å². The Morgan fingerprint density at radius 3 is 2.70 bits per heavy atom. The largest absolute Gasteiger partial charge is 0.378 e. The number of morpholine rings is 1.